The van der Waals surface area contributed by atoms with E-state index < -0.39 is 15.2 Å². The van der Waals surface area contributed by atoms with Gasteiger partial charge in [-0.1, -0.05) is 61.7 Å². The first-order chi connectivity index (χ1) is 6.42. The minimum Gasteiger partial charge on any atom is -0.138 e. The predicted molar refractivity (Wildman–Crippen MR) is 69.9 cm³/mol. The van der Waals surface area contributed by atoms with Crippen LogP contribution in [0.5, 0.6) is 0 Å². The van der Waals surface area contributed by atoms with Gasteiger partial charge in [0, 0.05) is 0 Å². The summed E-state index contributed by atoms with van der Waals surface area (Å²) in [4.78, 5) is 0. The van der Waals surface area contributed by atoms with Gasteiger partial charge >= 0.3 is 0 Å². The van der Waals surface area contributed by atoms with E-state index in [0.717, 1.165) is 0 Å². The third-order valence-electron chi connectivity index (χ3n) is 3.42. The highest BCUT2D eigenvalue weighted by molar-refractivity contribution is 7.48. The van der Waals surface area contributed by atoms with E-state index in [1.165, 1.54) is 5.19 Å². The van der Waals surface area contributed by atoms with Crippen molar-refractivity contribution in [2.24, 2.45) is 0 Å². The standard InChI is InChI=1S/C12H18Si2/c1-6-13(2,3)14(4,5)12-10-8-7-9-11-12/h1,7-11H,2-5H3. The Morgan fingerprint density at radius 1 is 1.00 bits per heavy atom. The summed E-state index contributed by atoms with van der Waals surface area (Å²) in [5, 5.41) is 1.50. The van der Waals surface area contributed by atoms with E-state index in [9.17, 15) is 0 Å². The maximum absolute atomic E-state index is 5.68. The third-order valence-corrected chi connectivity index (χ3v) is 19.7. The van der Waals surface area contributed by atoms with Crippen molar-refractivity contribution in [1.29, 1.82) is 0 Å². The molecule has 74 valence electrons. The highest BCUT2D eigenvalue weighted by atomic mass is 29.3. The van der Waals surface area contributed by atoms with Gasteiger partial charge in [0.25, 0.3) is 0 Å². The zero-order valence-corrected chi connectivity index (χ0v) is 11.5. The van der Waals surface area contributed by atoms with Crippen molar-refractivity contribution in [3.8, 4) is 12.0 Å². The Morgan fingerprint density at radius 3 is 1.93 bits per heavy atom. The summed E-state index contributed by atoms with van der Waals surface area (Å²) >= 11 is 0. The summed E-state index contributed by atoms with van der Waals surface area (Å²) in [6, 6.07) is 10.8. The molecule has 2 heteroatoms. The Kier molecular flexibility index (Phi) is 3.03. The summed E-state index contributed by atoms with van der Waals surface area (Å²) in [6.45, 7) is 9.42. The average molecular weight is 218 g/mol. The minimum absolute atomic E-state index is 1.40. The van der Waals surface area contributed by atoms with Crippen LogP contribution in [0.4, 0.5) is 0 Å². The summed E-state index contributed by atoms with van der Waals surface area (Å²) in [6.07, 6.45) is 5.68. The molecule has 0 bridgehead atoms. The highest BCUT2D eigenvalue weighted by Gasteiger charge is 2.41. The van der Waals surface area contributed by atoms with Gasteiger partial charge in [-0.3, -0.25) is 0 Å². The van der Waals surface area contributed by atoms with E-state index in [1.54, 1.807) is 0 Å². The van der Waals surface area contributed by atoms with Crippen LogP contribution in [0.3, 0.4) is 0 Å². The topological polar surface area (TPSA) is 0 Å². The van der Waals surface area contributed by atoms with Crippen molar-refractivity contribution in [3.63, 3.8) is 0 Å². The van der Waals surface area contributed by atoms with Gasteiger partial charge in [0.1, 0.15) is 7.59 Å². The quantitative estimate of drug-likeness (QED) is 0.529. The van der Waals surface area contributed by atoms with Gasteiger partial charge < -0.3 is 0 Å². The van der Waals surface area contributed by atoms with E-state index in [2.05, 4.69) is 62.1 Å². The predicted octanol–water partition coefficient (Wildman–Crippen LogP) is 2.56. The Morgan fingerprint density at radius 2 is 1.50 bits per heavy atom. The third kappa shape index (κ3) is 1.84. The van der Waals surface area contributed by atoms with Crippen molar-refractivity contribution in [2.45, 2.75) is 26.2 Å². The number of terminal acetylenes is 1. The van der Waals surface area contributed by atoms with Crippen LogP contribution in [0.1, 0.15) is 0 Å². The van der Waals surface area contributed by atoms with E-state index >= 15 is 0 Å². The van der Waals surface area contributed by atoms with Crippen LogP contribution >= 0.6 is 0 Å². The smallest absolute Gasteiger partial charge is 0.128 e. The molecule has 0 N–H and O–H groups in total. The molecule has 14 heavy (non-hydrogen) atoms. The Hall–Kier alpha value is -0.786. The van der Waals surface area contributed by atoms with Crippen molar-refractivity contribution in [2.75, 3.05) is 0 Å². The van der Waals surface area contributed by atoms with Crippen molar-refractivity contribution in [1.82, 2.24) is 0 Å². The van der Waals surface area contributed by atoms with Gasteiger partial charge in [0.15, 0.2) is 0 Å². The molecule has 0 atom stereocenters. The van der Waals surface area contributed by atoms with Gasteiger partial charge in [-0.2, -0.15) is 0 Å². The second-order valence-corrected chi connectivity index (χ2v) is 19.6. The molecule has 0 aliphatic carbocycles. The lowest BCUT2D eigenvalue weighted by Gasteiger charge is -2.34. The Balaban J connectivity index is 3.16. The van der Waals surface area contributed by atoms with Gasteiger partial charge in [0.2, 0.25) is 0 Å². The van der Waals surface area contributed by atoms with E-state index in [-0.39, 0.29) is 0 Å². The zero-order chi connectivity index (χ0) is 10.8. The van der Waals surface area contributed by atoms with Gasteiger partial charge in [-0.05, 0) is 0 Å². The summed E-state index contributed by atoms with van der Waals surface area (Å²) in [7, 11) is -2.88. The lowest BCUT2D eigenvalue weighted by Crippen LogP contribution is -2.62. The second-order valence-electron chi connectivity index (χ2n) is 4.76. The molecule has 0 saturated carbocycles. The summed E-state index contributed by atoms with van der Waals surface area (Å²) in [5.41, 5.74) is 3.08. The molecular weight excluding hydrogens is 200 g/mol. The first-order valence-electron chi connectivity index (χ1n) is 4.95. The lowest BCUT2D eigenvalue weighted by molar-refractivity contribution is 1.71. The number of hydrogen-bond donors (Lipinski definition) is 0. The van der Waals surface area contributed by atoms with E-state index in [1.807, 2.05) is 0 Å². The molecule has 0 aliphatic heterocycles. The molecule has 0 aromatic heterocycles. The van der Waals surface area contributed by atoms with Crippen LogP contribution in [-0.4, -0.2) is 15.2 Å². The van der Waals surface area contributed by atoms with Crippen LogP contribution in [0.25, 0.3) is 0 Å². The molecule has 1 rings (SSSR count). The number of benzene rings is 1. The molecule has 0 amide bonds. The Bertz CT molecular complexity index is 344. The van der Waals surface area contributed by atoms with Crippen molar-refractivity contribution >= 4 is 20.4 Å². The first kappa shape index (κ1) is 11.3. The molecule has 1 aromatic rings. The molecule has 0 saturated heterocycles. The first-order valence-corrected chi connectivity index (χ1v) is 11.9. The summed E-state index contributed by atoms with van der Waals surface area (Å²) < 4.78 is 0. The largest absolute Gasteiger partial charge is 0.138 e. The monoisotopic (exact) mass is 218 g/mol. The molecule has 0 spiro atoms. The van der Waals surface area contributed by atoms with Crippen LogP contribution < -0.4 is 5.19 Å². The van der Waals surface area contributed by atoms with E-state index in [0.29, 0.717) is 0 Å². The SMILES string of the molecule is C#C[Si](C)(C)[Si](C)(C)c1ccccc1. The van der Waals surface area contributed by atoms with Crippen LogP contribution in [-0.2, 0) is 0 Å². The fourth-order valence-electron chi connectivity index (χ4n) is 1.40. The molecule has 0 nitrogen and oxygen atoms in total. The number of rotatable bonds is 2. The fourth-order valence-corrected chi connectivity index (χ4v) is 7.25. The number of hydrogen-bond acceptors (Lipinski definition) is 0. The fraction of sp³-hybridized carbons (Fsp3) is 0.333. The Labute approximate surface area is 89.2 Å². The maximum Gasteiger partial charge on any atom is 0.128 e. The molecule has 0 aliphatic rings. The maximum atomic E-state index is 5.68. The van der Waals surface area contributed by atoms with E-state index in [4.69, 9.17) is 6.42 Å². The molecule has 0 heterocycles. The molecular formula is C12H18Si2. The van der Waals surface area contributed by atoms with Crippen molar-refractivity contribution in [3.05, 3.63) is 30.3 Å². The molecule has 0 fully saturated rings. The molecule has 1 aromatic carbocycles. The van der Waals surface area contributed by atoms with Gasteiger partial charge in [-0.15, -0.1) is 12.0 Å². The van der Waals surface area contributed by atoms with Gasteiger partial charge in [0.05, 0.1) is 7.59 Å². The lowest BCUT2D eigenvalue weighted by atomic mass is 10.4. The van der Waals surface area contributed by atoms with Crippen LogP contribution in [0.2, 0.25) is 26.2 Å². The average Bonchev–Trinajstić information content (AvgIpc) is 2.19. The second kappa shape index (κ2) is 3.76. The van der Waals surface area contributed by atoms with Crippen molar-refractivity contribution < 1.29 is 0 Å². The highest BCUT2D eigenvalue weighted by Crippen LogP contribution is 2.17. The van der Waals surface area contributed by atoms with Crippen LogP contribution in [0.15, 0.2) is 30.3 Å². The molecule has 0 unspecified atom stereocenters. The minimum atomic E-state index is -1.48. The van der Waals surface area contributed by atoms with Crippen LogP contribution in [0, 0.1) is 12.0 Å². The zero-order valence-electron chi connectivity index (χ0n) is 9.46. The molecule has 0 radical (unpaired) electrons. The van der Waals surface area contributed by atoms with Gasteiger partial charge in [-0.25, -0.2) is 0 Å². The summed E-state index contributed by atoms with van der Waals surface area (Å²) in [5.74, 6) is 0. The normalized spacial score (nSPS) is 12.2.